The van der Waals surface area contributed by atoms with E-state index in [1.807, 2.05) is 0 Å². The summed E-state index contributed by atoms with van der Waals surface area (Å²) in [7, 11) is 3.55. The van der Waals surface area contributed by atoms with Crippen LogP contribution in [0, 0.1) is 15.5 Å². The molecule has 0 aliphatic carbocycles. The summed E-state index contributed by atoms with van der Waals surface area (Å²) in [5.74, 6) is -1.45. The minimum Gasteiger partial charge on any atom is -0.302 e. The molecule has 0 aliphatic heterocycles. The quantitative estimate of drug-likeness (QED) is 0.611. The van der Waals surface area contributed by atoms with Crippen LogP contribution in [-0.2, 0) is 6.54 Å². The maximum atomic E-state index is 12.9. The van der Waals surface area contributed by atoms with Crippen LogP contribution in [0.15, 0.2) is 0 Å². The number of nitrogens with zero attached hydrogens (tertiary/aromatic N) is 3. The first kappa shape index (κ1) is 10.7. The van der Waals surface area contributed by atoms with Crippen LogP contribution in [0.4, 0.5) is 8.78 Å². The van der Waals surface area contributed by atoms with Crippen LogP contribution in [0.25, 0.3) is 0 Å². The van der Waals surface area contributed by atoms with Crippen molar-refractivity contribution in [1.82, 2.24) is 14.9 Å². The number of rotatable bonds is 2. The fourth-order valence-electron chi connectivity index (χ4n) is 0.788. The van der Waals surface area contributed by atoms with E-state index in [9.17, 15) is 8.78 Å². The molecule has 0 saturated carbocycles. The third kappa shape index (κ3) is 2.80. The van der Waals surface area contributed by atoms with Crippen molar-refractivity contribution < 1.29 is 8.78 Å². The van der Waals surface area contributed by atoms with Crippen molar-refractivity contribution in [2.24, 2.45) is 0 Å². The Morgan fingerprint density at radius 2 is 1.69 bits per heavy atom. The van der Waals surface area contributed by atoms with Crippen molar-refractivity contribution in [2.75, 3.05) is 14.1 Å². The van der Waals surface area contributed by atoms with E-state index in [1.54, 1.807) is 19.0 Å². The average molecular weight is 299 g/mol. The highest BCUT2D eigenvalue weighted by Crippen LogP contribution is 2.11. The molecule has 0 bridgehead atoms. The molecule has 1 rings (SSSR count). The van der Waals surface area contributed by atoms with Crippen molar-refractivity contribution in [3.8, 4) is 0 Å². The molecule has 0 atom stereocenters. The summed E-state index contributed by atoms with van der Waals surface area (Å²) in [6.07, 6.45) is 0. The molecule has 0 fully saturated rings. The van der Waals surface area contributed by atoms with E-state index in [1.165, 1.54) is 22.6 Å². The van der Waals surface area contributed by atoms with Crippen LogP contribution in [0.5, 0.6) is 0 Å². The molecule has 6 heteroatoms. The van der Waals surface area contributed by atoms with E-state index >= 15 is 0 Å². The van der Waals surface area contributed by atoms with E-state index in [4.69, 9.17) is 0 Å². The highest BCUT2D eigenvalue weighted by atomic mass is 127. The molecule has 3 nitrogen and oxygen atoms in total. The van der Waals surface area contributed by atoms with Gasteiger partial charge in [0.05, 0.1) is 6.54 Å². The van der Waals surface area contributed by atoms with Crippen LogP contribution in [0.3, 0.4) is 0 Å². The highest BCUT2D eigenvalue weighted by Gasteiger charge is 2.11. The molecule has 0 saturated heterocycles. The third-order valence-electron chi connectivity index (χ3n) is 1.27. The Morgan fingerprint density at radius 1 is 1.23 bits per heavy atom. The van der Waals surface area contributed by atoms with Gasteiger partial charge in [-0.15, -0.1) is 0 Å². The van der Waals surface area contributed by atoms with Gasteiger partial charge >= 0.3 is 0 Å². The average Bonchev–Trinajstić information content (AvgIpc) is 1.98. The lowest BCUT2D eigenvalue weighted by Crippen LogP contribution is -2.15. The van der Waals surface area contributed by atoms with E-state index in [0.29, 0.717) is 6.54 Å². The van der Waals surface area contributed by atoms with Gasteiger partial charge in [-0.25, -0.2) is 9.97 Å². The fraction of sp³-hybridized carbons (Fsp3) is 0.429. The molecule has 0 amide bonds. The molecular weight excluding hydrogens is 291 g/mol. The lowest BCUT2D eigenvalue weighted by Gasteiger charge is -2.07. The van der Waals surface area contributed by atoms with Crippen molar-refractivity contribution in [1.29, 1.82) is 0 Å². The van der Waals surface area contributed by atoms with Gasteiger partial charge in [-0.1, -0.05) is 0 Å². The monoisotopic (exact) mass is 299 g/mol. The van der Waals surface area contributed by atoms with Crippen LogP contribution >= 0.6 is 22.6 Å². The number of hydrogen-bond donors (Lipinski definition) is 0. The Morgan fingerprint density at radius 3 is 2.08 bits per heavy atom. The second-order valence-corrected chi connectivity index (χ2v) is 3.85. The molecule has 1 aromatic heterocycles. The lowest BCUT2D eigenvalue weighted by molar-refractivity contribution is 0.377. The molecule has 1 aromatic rings. The van der Waals surface area contributed by atoms with Crippen LogP contribution < -0.4 is 0 Å². The molecular formula is C7H8F2IN3. The minimum absolute atomic E-state index is 0.153. The smallest absolute Gasteiger partial charge is 0.232 e. The van der Waals surface area contributed by atoms with E-state index in [2.05, 4.69) is 9.97 Å². The topological polar surface area (TPSA) is 29.0 Å². The molecule has 0 spiro atoms. The Balaban J connectivity index is 2.99. The summed E-state index contributed by atoms with van der Waals surface area (Å²) in [6.45, 7) is 0.324. The first-order valence-electron chi connectivity index (χ1n) is 3.53. The van der Waals surface area contributed by atoms with Crippen molar-refractivity contribution >= 4 is 22.6 Å². The summed E-state index contributed by atoms with van der Waals surface area (Å²) >= 11 is 1.53. The van der Waals surface area contributed by atoms with E-state index in [0.717, 1.165) is 0 Å². The minimum atomic E-state index is -0.801. The fourth-order valence-corrected chi connectivity index (χ4v) is 1.03. The first-order valence-corrected chi connectivity index (χ1v) is 4.60. The predicted molar refractivity (Wildman–Crippen MR) is 52.1 cm³/mol. The van der Waals surface area contributed by atoms with Gasteiger partial charge in [0.2, 0.25) is 11.9 Å². The van der Waals surface area contributed by atoms with E-state index in [-0.39, 0.29) is 9.39 Å². The Hall–Kier alpha value is -0.370. The van der Waals surface area contributed by atoms with Crippen LogP contribution in [-0.4, -0.2) is 29.0 Å². The summed E-state index contributed by atoms with van der Waals surface area (Å²) in [6, 6.07) is 0. The second-order valence-electron chi connectivity index (χ2n) is 2.77. The summed E-state index contributed by atoms with van der Waals surface area (Å²) < 4.78 is 25.6. The molecule has 0 aliphatic rings. The van der Waals surface area contributed by atoms with Gasteiger partial charge in [0.25, 0.3) is 0 Å². The van der Waals surface area contributed by atoms with Crippen molar-refractivity contribution in [3.05, 3.63) is 21.3 Å². The Labute approximate surface area is 88.3 Å². The third-order valence-corrected chi connectivity index (χ3v) is 2.16. The Kier molecular flexibility index (Phi) is 3.48. The molecule has 0 radical (unpaired) electrons. The maximum absolute atomic E-state index is 12.9. The zero-order chi connectivity index (χ0) is 10.0. The first-order chi connectivity index (χ1) is 6.00. The second kappa shape index (κ2) is 4.23. The van der Waals surface area contributed by atoms with Crippen LogP contribution in [0.2, 0.25) is 0 Å². The van der Waals surface area contributed by atoms with Gasteiger partial charge in [-0.2, -0.15) is 8.78 Å². The summed E-state index contributed by atoms with van der Waals surface area (Å²) in [5.41, 5.74) is 0. The normalized spacial score (nSPS) is 10.9. The van der Waals surface area contributed by atoms with Gasteiger partial charge in [-0.05, 0) is 36.7 Å². The predicted octanol–water partition coefficient (Wildman–Crippen LogP) is 1.42. The number of halogens is 3. The zero-order valence-electron chi connectivity index (χ0n) is 7.18. The largest absolute Gasteiger partial charge is 0.302 e. The van der Waals surface area contributed by atoms with Gasteiger partial charge in [-0.3, -0.25) is 0 Å². The van der Waals surface area contributed by atoms with E-state index < -0.39 is 11.9 Å². The van der Waals surface area contributed by atoms with Crippen molar-refractivity contribution in [3.63, 3.8) is 0 Å². The summed E-state index contributed by atoms with van der Waals surface area (Å²) in [4.78, 5) is 8.75. The van der Waals surface area contributed by atoms with Gasteiger partial charge in [0.15, 0.2) is 0 Å². The molecule has 0 aromatic carbocycles. The lowest BCUT2D eigenvalue weighted by atomic mass is 10.5. The van der Waals surface area contributed by atoms with Crippen LogP contribution in [0.1, 0.15) is 5.82 Å². The molecule has 1 heterocycles. The standard InChI is InChI=1S/C7H8F2IN3/c1-13(2)3-4-11-6(8)5(10)7(9)12-4/h3H2,1-2H3. The molecule has 0 unspecified atom stereocenters. The molecule has 0 N–H and O–H groups in total. The van der Waals surface area contributed by atoms with Gasteiger partial charge < -0.3 is 4.90 Å². The van der Waals surface area contributed by atoms with Gasteiger partial charge in [0.1, 0.15) is 9.39 Å². The highest BCUT2D eigenvalue weighted by molar-refractivity contribution is 14.1. The molecule has 13 heavy (non-hydrogen) atoms. The number of aromatic nitrogens is 2. The molecule has 72 valence electrons. The zero-order valence-corrected chi connectivity index (χ0v) is 9.34. The van der Waals surface area contributed by atoms with Gasteiger partial charge in [0, 0.05) is 0 Å². The summed E-state index contributed by atoms with van der Waals surface area (Å²) in [5, 5.41) is 0. The maximum Gasteiger partial charge on any atom is 0.232 e. The Bertz CT molecular complexity index is 294. The SMILES string of the molecule is CN(C)Cc1nc(F)c(I)c(F)n1. The van der Waals surface area contributed by atoms with Crippen molar-refractivity contribution in [2.45, 2.75) is 6.54 Å². The number of hydrogen-bond acceptors (Lipinski definition) is 3.